The van der Waals surface area contributed by atoms with Crippen LogP contribution in [0.1, 0.15) is 41.0 Å². The Labute approximate surface area is 124 Å². The van der Waals surface area contributed by atoms with Crippen LogP contribution in [0.5, 0.6) is 0 Å². The molecule has 0 radical (unpaired) electrons. The lowest BCUT2D eigenvalue weighted by Gasteiger charge is -2.42. The Morgan fingerprint density at radius 1 is 0.950 bits per heavy atom. The average Bonchev–Trinajstić information content (AvgIpc) is 2.33. The van der Waals surface area contributed by atoms with Gasteiger partial charge >= 0.3 is 0 Å². The normalized spacial score (nSPS) is 29.2. The lowest BCUT2D eigenvalue weighted by Crippen LogP contribution is -2.53. The van der Waals surface area contributed by atoms with Crippen LogP contribution in [0.25, 0.3) is 0 Å². The topological polar surface area (TPSA) is 24.9 Å². The molecule has 2 aliphatic heterocycles. The van der Waals surface area contributed by atoms with E-state index >= 15 is 0 Å². The van der Waals surface area contributed by atoms with E-state index in [9.17, 15) is 0 Å². The monoisotopic (exact) mass is 284 g/mol. The Bertz CT molecular complexity index is 318. The van der Waals surface area contributed by atoms with Crippen molar-refractivity contribution in [3.05, 3.63) is 0 Å². The number of ether oxygens (including phenoxy) is 2. The van der Waals surface area contributed by atoms with Gasteiger partial charge in [-0.25, -0.2) is 0 Å². The summed E-state index contributed by atoms with van der Waals surface area (Å²) in [5, 5.41) is 0. The molecule has 0 aromatic rings. The summed E-state index contributed by atoms with van der Waals surface area (Å²) in [5.74, 6) is 0. The van der Waals surface area contributed by atoms with Gasteiger partial charge in [0.15, 0.2) is 0 Å². The molecule has 0 aromatic carbocycles. The predicted octanol–water partition coefficient (Wildman–Crippen LogP) is 1.99. The molecule has 0 unspecified atom stereocenters. The number of morpholine rings is 2. The number of hydrogen-bond donors (Lipinski definition) is 0. The van der Waals surface area contributed by atoms with Gasteiger partial charge in [0, 0.05) is 32.2 Å². The molecule has 2 aliphatic rings. The molecule has 0 amide bonds. The molecule has 2 rings (SSSR count). The van der Waals surface area contributed by atoms with Gasteiger partial charge in [0.1, 0.15) is 0 Å². The van der Waals surface area contributed by atoms with E-state index in [0.717, 1.165) is 39.4 Å². The second kappa shape index (κ2) is 6.30. The maximum absolute atomic E-state index is 5.80. The highest BCUT2D eigenvalue weighted by atomic mass is 16.5. The Hall–Kier alpha value is -0.160. The largest absolute Gasteiger partial charge is 0.373 e. The first-order valence-corrected chi connectivity index (χ1v) is 8.02. The van der Waals surface area contributed by atoms with Crippen molar-refractivity contribution in [1.82, 2.24) is 9.80 Å². The molecule has 2 fully saturated rings. The molecule has 0 aromatic heterocycles. The summed E-state index contributed by atoms with van der Waals surface area (Å²) >= 11 is 0. The maximum Gasteiger partial charge on any atom is 0.0753 e. The van der Waals surface area contributed by atoms with E-state index < -0.39 is 0 Å². The van der Waals surface area contributed by atoms with Crippen LogP contribution in [0.4, 0.5) is 0 Å². The van der Waals surface area contributed by atoms with Crippen molar-refractivity contribution in [2.75, 3.05) is 45.9 Å². The summed E-state index contributed by atoms with van der Waals surface area (Å²) in [6.45, 7) is 18.3. The van der Waals surface area contributed by atoms with Crippen LogP contribution >= 0.6 is 0 Å². The van der Waals surface area contributed by atoms with E-state index in [0.29, 0.717) is 6.04 Å². The first kappa shape index (κ1) is 16.2. The Morgan fingerprint density at radius 2 is 1.55 bits per heavy atom. The Morgan fingerprint density at radius 3 is 2.15 bits per heavy atom. The van der Waals surface area contributed by atoms with Gasteiger partial charge in [-0.05, 0) is 47.6 Å². The molecular formula is C16H32N2O2. The van der Waals surface area contributed by atoms with Crippen LogP contribution in [0, 0.1) is 0 Å². The Balaban J connectivity index is 1.76. The highest BCUT2D eigenvalue weighted by Crippen LogP contribution is 2.21. The van der Waals surface area contributed by atoms with Crippen LogP contribution in [0.3, 0.4) is 0 Å². The third-order valence-corrected chi connectivity index (χ3v) is 4.45. The number of nitrogens with zero attached hydrogens (tertiary/aromatic N) is 2. The minimum absolute atomic E-state index is 0.00741. The quantitative estimate of drug-likeness (QED) is 0.788. The molecule has 1 atom stereocenters. The Kier molecular flexibility index (Phi) is 5.11. The minimum Gasteiger partial charge on any atom is -0.373 e. The van der Waals surface area contributed by atoms with E-state index in [-0.39, 0.29) is 11.2 Å². The van der Waals surface area contributed by atoms with E-state index in [1.807, 2.05) is 0 Å². The summed E-state index contributed by atoms with van der Waals surface area (Å²) in [6, 6.07) is 0.629. The first-order valence-electron chi connectivity index (χ1n) is 8.02. The van der Waals surface area contributed by atoms with Crippen molar-refractivity contribution in [3.8, 4) is 0 Å². The third kappa shape index (κ3) is 4.69. The van der Waals surface area contributed by atoms with Crippen molar-refractivity contribution in [2.24, 2.45) is 0 Å². The molecule has 0 spiro atoms. The van der Waals surface area contributed by atoms with E-state index in [1.165, 1.54) is 13.0 Å². The fraction of sp³-hybridized carbons (Fsp3) is 1.00. The fourth-order valence-electron chi connectivity index (χ4n) is 3.29. The summed E-state index contributed by atoms with van der Waals surface area (Å²) in [7, 11) is 0. The molecule has 2 heterocycles. The number of rotatable bonds is 4. The van der Waals surface area contributed by atoms with Gasteiger partial charge in [0.2, 0.25) is 0 Å². The zero-order valence-electron chi connectivity index (χ0n) is 13.9. The second-order valence-corrected chi connectivity index (χ2v) is 7.60. The van der Waals surface area contributed by atoms with Crippen LogP contribution in [0.15, 0.2) is 0 Å². The second-order valence-electron chi connectivity index (χ2n) is 7.60. The van der Waals surface area contributed by atoms with Gasteiger partial charge in [-0.1, -0.05) is 0 Å². The summed E-state index contributed by atoms with van der Waals surface area (Å²) < 4.78 is 11.6. The van der Waals surface area contributed by atoms with Crippen LogP contribution in [0.2, 0.25) is 0 Å². The number of hydrogen-bond acceptors (Lipinski definition) is 4. The highest BCUT2D eigenvalue weighted by Gasteiger charge is 2.31. The minimum atomic E-state index is 0.00741. The van der Waals surface area contributed by atoms with Crippen LogP contribution in [-0.4, -0.2) is 73.0 Å². The summed E-state index contributed by atoms with van der Waals surface area (Å²) in [5.41, 5.74) is 0.0237. The maximum atomic E-state index is 5.80. The van der Waals surface area contributed by atoms with Crippen molar-refractivity contribution in [1.29, 1.82) is 0 Å². The lowest BCUT2D eigenvalue weighted by atomic mass is 10.0. The van der Waals surface area contributed by atoms with Crippen LogP contribution < -0.4 is 0 Å². The predicted molar refractivity (Wildman–Crippen MR) is 82.2 cm³/mol. The fourth-order valence-corrected chi connectivity index (χ4v) is 3.29. The molecular weight excluding hydrogens is 252 g/mol. The van der Waals surface area contributed by atoms with Gasteiger partial charge in [-0.3, -0.25) is 9.80 Å². The highest BCUT2D eigenvalue weighted by molar-refractivity contribution is 4.84. The molecule has 20 heavy (non-hydrogen) atoms. The lowest BCUT2D eigenvalue weighted by molar-refractivity contribution is -0.101. The van der Waals surface area contributed by atoms with Gasteiger partial charge < -0.3 is 9.47 Å². The van der Waals surface area contributed by atoms with Crippen molar-refractivity contribution < 1.29 is 9.47 Å². The van der Waals surface area contributed by atoms with E-state index in [4.69, 9.17) is 9.47 Å². The molecule has 4 heteroatoms. The molecule has 0 bridgehead atoms. The smallest absolute Gasteiger partial charge is 0.0753 e. The summed E-state index contributed by atoms with van der Waals surface area (Å²) in [4.78, 5) is 5.13. The summed E-state index contributed by atoms with van der Waals surface area (Å²) in [6.07, 6.45) is 1.23. The van der Waals surface area contributed by atoms with Gasteiger partial charge in [-0.2, -0.15) is 0 Å². The molecule has 0 N–H and O–H groups in total. The van der Waals surface area contributed by atoms with Gasteiger partial charge in [0.25, 0.3) is 0 Å². The SMILES string of the molecule is C[C@@H](CCN1CCOC(C)(C)C1)N1CCOC(C)(C)C1. The van der Waals surface area contributed by atoms with Crippen molar-refractivity contribution in [3.63, 3.8) is 0 Å². The third-order valence-electron chi connectivity index (χ3n) is 4.45. The molecule has 4 nitrogen and oxygen atoms in total. The van der Waals surface area contributed by atoms with Gasteiger partial charge in [-0.15, -0.1) is 0 Å². The van der Waals surface area contributed by atoms with Crippen LogP contribution in [-0.2, 0) is 9.47 Å². The first-order chi connectivity index (χ1) is 9.27. The zero-order valence-corrected chi connectivity index (χ0v) is 13.9. The van der Waals surface area contributed by atoms with E-state index in [1.54, 1.807) is 0 Å². The average molecular weight is 284 g/mol. The molecule has 2 saturated heterocycles. The molecule has 0 saturated carbocycles. The molecule has 118 valence electrons. The standard InChI is InChI=1S/C16H32N2O2/c1-14(18-9-11-20-16(4,5)13-18)6-7-17-8-10-19-15(2,3)12-17/h14H,6-13H2,1-5H3/t14-/m0/s1. The molecule has 0 aliphatic carbocycles. The van der Waals surface area contributed by atoms with Crippen molar-refractivity contribution >= 4 is 0 Å². The van der Waals surface area contributed by atoms with E-state index in [2.05, 4.69) is 44.4 Å². The van der Waals surface area contributed by atoms with Crippen molar-refractivity contribution in [2.45, 2.75) is 58.3 Å². The van der Waals surface area contributed by atoms with Gasteiger partial charge in [0.05, 0.1) is 24.4 Å². The zero-order chi connectivity index (χ0) is 14.8.